The number of nitrogens with zero attached hydrogens (tertiary/aromatic N) is 4. The second kappa shape index (κ2) is 7.77. The van der Waals surface area contributed by atoms with Gasteiger partial charge in [0.1, 0.15) is 0 Å². The van der Waals surface area contributed by atoms with Gasteiger partial charge in [0, 0.05) is 16.6 Å². The molecule has 0 amide bonds. The topological polar surface area (TPSA) is 54.5 Å². The minimum atomic E-state index is -0.176. The van der Waals surface area contributed by atoms with Gasteiger partial charge in [-0.3, -0.25) is 4.57 Å². The van der Waals surface area contributed by atoms with E-state index in [2.05, 4.69) is 20.8 Å². The molecule has 0 N–H and O–H groups in total. The molecule has 126 valence electrons. The monoisotopic (exact) mass is 380 g/mol. The fourth-order valence-electron chi connectivity index (χ4n) is 3.06. The van der Waals surface area contributed by atoms with Crippen LogP contribution in [0.4, 0.5) is 0 Å². The van der Waals surface area contributed by atoms with E-state index in [9.17, 15) is 0 Å². The first-order valence-corrected chi connectivity index (χ1v) is 9.70. The number of aromatic nitrogens is 3. The Kier molecular flexibility index (Phi) is 5.70. The minimum absolute atomic E-state index is 0.176. The lowest BCUT2D eigenvalue weighted by molar-refractivity contribution is 0.339. The molecule has 0 spiro atoms. The maximum atomic E-state index is 9.13. The van der Waals surface area contributed by atoms with Crippen LogP contribution in [-0.4, -0.2) is 20.0 Å². The summed E-state index contributed by atoms with van der Waals surface area (Å²) < 4.78 is 2.17. The largest absolute Gasteiger partial charge is 0.299 e. The van der Waals surface area contributed by atoms with Crippen LogP contribution in [0.25, 0.3) is 11.4 Å². The Morgan fingerprint density at radius 3 is 2.67 bits per heavy atom. The highest BCUT2D eigenvalue weighted by molar-refractivity contribution is 8.00. The van der Waals surface area contributed by atoms with Gasteiger partial charge >= 0.3 is 0 Å². The first-order chi connectivity index (χ1) is 11.6. The van der Waals surface area contributed by atoms with Gasteiger partial charge in [-0.05, 0) is 38.0 Å². The van der Waals surface area contributed by atoms with Gasteiger partial charge < -0.3 is 0 Å². The second-order valence-corrected chi connectivity index (χ2v) is 8.13. The molecule has 0 unspecified atom stereocenters. The predicted octanol–water partition coefficient (Wildman–Crippen LogP) is 5.76. The summed E-state index contributed by atoms with van der Waals surface area (Å²) in [7, 11) is 0. The summed E-state index contributed by atoms with van der Waals surface area (Å²) in [6.07, 6.45) is 5.88. The SMILES string of the molecule is C[C@@H](C#N)Sc1nnc(-c2ccc(Cl)cc2Cl)n1C1CCCCC1. The molecular weight excluding hydrogens is 363 g/mol. The third kappa shape index (κ3) is 3.72. The standard InChI is InChI=1S/C17H18Cl2N4S/c1-11(10-20)24-17-22-21-16(14-8-7-12(18)9-15(14)19)23(17)13-5-3-2-4-6-13/h7-9,11,13H,2-6H2,1H3/t11-/m0/s1. The van der Waals surface area contributed by atoms with Crippen LogP contribution in [0, 0.1) is 11.3 Å². The third-order valence-electron chi connectivity index (χ3n) is 4.24. The van der Waals surface area contributed by atoms with Gasteiger partial charge in [-0.15, -0.1) is 10.2 Å². The molecule has 1 atom stereocenters. The fourth-order valence-corrected chi connectivity index (χ4v) is 4.36. The first kappa shape index (κ1) is 17.6. The van der Waals surface area contributed by atoms with E-state index in [0.717, 1.165) is 29.4 Å². The molecule has 1 saturated carbocycles. The van der Waals surface area contributed by atoms with Crippen molar-refractivity contribution >= 4 is 35.0 Å². The zero-order valence-corrected chi connectivity index (χ0v) is 15.7. The molecule has 1 heterocycles. The summed E-state index contributed by atoms with van der Waals surface area (Å²) in [4.78, 5) is 0. The lowest BCUT2D eigenvalue weighted by atomic mass is 9.95. The van der Waals surface area contributed by atoms with E-state index in [1.807, 2.05) is 19.1 Å². The molecule has 0 radical (unpaired) electrons. The molecule has 1 aliphatic rings. The lowest BCUT2D eigenvalue weighted by Gasteiger charge is -2.26. The maximum absolute atomic E-state index is 9.13. The summed E-state index contributed by atoms with van der Waals surface area (Å²) in [5.74, 6) is 0.760. The molecule has 0 aliphatic heterocycles. The van der Waals surface area contributed by atoms with Crippen molar-refractivity contribution in [2.75, 3.05) is 0 Å². The number of thioether (sulfide) groups is 1. The molecule has 1 aromatic heterocycles. The summed E-state index contributed by atoms with van der Waals surface area (Å²) in [6, 6.07) is 8.02. The molecule has 24 heavy (non-hydrogen) atoms. The van der Waals surface area contributed by atoms with Crippen molar-refractivity contribution in [2.45, 2.75) is 55.5 Å². The van der Waals surface area contributed by atoms with Crippen LogP contribution < -0.4 is 0 Å². The van der Waals surface area contributed by atoms with Gasteiger partial charge in [0.2, 0.25) is 0 Å². The van der Waals surface area contributed by atoms with Crippen molar-refractivity contribution in [3.63, 3.8) is 0 Å². The molecule has 1 aliphatic carbocycles. The highest BCUT2D eigenvalue weighted by Crippen LogP contribution is 2.38. The van der Waals surface area contributed by atoms with Gasteiger partial charge in [0.05, 0.1) is 16.3 Å². The van der Waals surface area contributed by atoms with Gasteiger partial charge in [-0.1, -0.05) is 54.2 Å². The van der Waals surface area contributed by atoms with E-state index in [4.69, 9.17) is 28.5 Å². The number of rotatable bonds is 4. The van der Waals surface area contributed by atoms with E-state index in [-0.39, 0.29) is 5.25 Å². The number of hydrogen-bond acceptors (Lipinski definition) is 4. The van der Waals surface area contributed by atoms with Crippen molar-refractivity contribution in [1.82, 2.24) is 14.8 Å². The summed E-state index contributed by atoms with van der Waals surface area (Å²) >= 11 is 13.9. The van der Waals surface area contributed by atoms with Gasteiger partial charge in [0.15, 0.2) is 11.0 Å². The van der Waals surface area contributed by atoms with E-state index < -0.39 is 0 Å². The van der Waals surface area contributed by atoms with Crippen LogP contribution in [0.5, 0.6) is 0 Å². The van der Waals surface area contributed by atoms with Crippen molar-refractivity contribution in [3.05, 3.63) is 28.2 Å². The van der Waals surface area contributed by atoms with E-state index in [1.165, 1.54) is 31.0 Å². The number of halogens is 2. The molecule has 2 aromatic rings. The Morgan fingerprint density at radius 1 is 1.25 bits per heavy atom. The Balaban J connectivity index is 2.06. The van der Waals surface area contributed by atoms with Gasteiger partial charge in [0.25, 0.3) is 0 Å². The number of benzene rings is 1. The summed E-state index contributed by atoms with van der Waals surface area (Å²) in [6.45, 7) is 1.87. The molecule has 1 aromatic carbocycles. The van der Waals surface area contributed by atoms with Crippen LogP contribution >= 0.6 is 35.0 Å². The van der Waals surface area contributed by atoms with E-state index >= 15 is 0 Å². The normalized spacial score (nSPS) is 16.8. The second-order valence-electron chi connectivity index (χ2n) is 5.98. The average molecular weight is 381 g/mol. The van der Waals surface area contributed by atoms with Crippen molar-refractivity contribution < 1.29 is 0 Å². The molecule has 0 bridgehead atoms. The predicted molar refractivity (Wildman–Crippen MR) is 98.5 cm³/mol. The Bertz CT molecular complexity index is 762. The van der Waals surface area contributed by atoms with Crippen LogP contribution in [0.2, 0.25) is 10.0 Å². The lowest BCUT2D eigenvalue weighted by Crippen LogP contribution is -2.15. The van der Waals surface area contributed by atoms with E-state index in [1.54, 1.807) is 6.07 Å². The Hall–Kier alpha value is -1.22. The zero-order valence-electron chi connectivity index (χ0n) is 13.4. The first-order valence-electron chi connectivity index (χ1n) is 8.06. The fraction of sp³-hybridized carbons (Fsp3) is 0.471. The van der Waals surface area contributed by atoms with Crippen molar-refractivity contribution in [3.8, 4) is 17.5 Å². The summed E-state index contributed by atoms with van der Waals surface area (Å²) in [5.41, 5.74) is 0.829. The van der Waals surface area contributed by atoms with Crippen LogP contribution in [0.1, 0.15) is 45.1 Å². The molecule has 0 saturated heterocycles. The average Bonchev–Trinajstić information content (AvgIpc) is 2.98. The zero-order chi connectivity index (χ0) is 17.1. The van der Waals surface area contributed by atoms with Gasteiger partial charge in [-0.25, -0.2) is 0 Å². The molecular formula is C17H18Cl2N4S. The quantitative estimate of drug-likeness (QED) is 0.632. The molecule has 3 rings (SSSR count). The Labute approximate surface area is 156 Å². The maximum Gasteiger partial charge on any atom is 0.193 e. The molecule has 7 heteroatoms. The van der Waals surface area contributed by atoms with Crippen LogP contribution in [0.3, 0.4) is 0 Å². The highest BCUT2D eigenvalue weighted by atomic mass is 35.5. The van der Waals surface area contributed by atoms with Gasteiger partial charge in [-0.2, -0.15) is 5.26 Å². The van der Waals surface area contributed by atoms with Crippen molar-refractivity contribution in [2.24, 2.45) is 0 Å². The summed E-state index contributed by atoms with van der Waals surface area (Å²) in [5, 5.41) is 19.7. The smallest absolute Gasteiger partial charge is 0.193 e. The van der Waals surface area contributed by atoms with Crippen LogP contribution in [0.15, 0.2) is 23.4 Å². The molecule has 1 fully saturated rings. The number of nitriles is 1. The number of hydrogen-bond donors (Lipinski definition) is 0. The minimum Gasteiger partial charge on any atom is -0.299 e. The van der Waals surface area contributed by atoms with E-state index in [0.29, 0.717) is 16.1 Å². The highest BCUT2D eigenvalue weighted by Gasteiger charge is 2.25. The van der Waals surface area contributed by atoms with Crippen molar-refractivity contribution in [1.29, 1.82) is 5.26 Å². The molecule has 4 nitrogen and oxygen atoms in total. The third-order valence-corrected chi connectivity index (χ3v) is 5.74. The van der Waals surface area contributed by atoms with Crippen LogP contribution in [-0.2, 0) is 0 Å². The Morgan fingerprint density at radius 2 is 2.00 bits per heavy atom.